The molecule has 1 fully saturated rings. The SMILES string of the molecule is CC1CN(S(=O)(=O)c2cccc(F)c2N)CCC1O. The summed E-state index contributed by atoms with van der Waals surface area (Å²) >= 11 is 0. The van der Waals surface area contributed by atoms with Gasteiger partial charge in [-0.05, 0) is 24.5 Å². The molecule has 1 aromatic carbocycles. The fourth-order valence-electron chi connectivity index (χ4n) is 2.19. The van der Waals surface area contributed by atoms with Gasteiger partial charge in [-0.3, -0.25) is 0 Å². The minimum absolute atomic E-state index is 0.154. The van der Waals surface area contributed by atoms with Gasteiger partial charge in [0.05, 0.1) is 11.8 Å². The van der Waals surface area contributed by atoms with Gasteiger partial charge in [0.2, 0.25) is 10.0 Å². The van der Waals surface area contributed by atoms with E-state index in [9.17, 15) is 17.9 Å². The summed E-state index contributed by atoms with van der Waals surface area (Å²) in [6, 6.07) is 3.74. The molecule has 1 aliphatic heterocycles. The Labute approximate surface area is 111 Å². The number of hydrogen-bond acceptors (Lipinski definition) is 4. The van der Waals surface area contributed by atoms with Gasteiger partial charge < -0.3 is 10.8 Å². The van der Waals surface area contributed by atoms with Crippen molar-refractivity contribution in [2.24, 2.45) is 5.92 Å². The molecule has 0 spiro atoms. The Bertz CT molecular complexity index is 576. The largest absolute Gasteiger partial charge is 0.395 e. The zero-order chi connectivity index (χ0) is 14.2. The first kappa shape index (κ1) is 14.2. The molecule has 2 atom stereocenters. The lowest BCUT2D eigenvalue weighted by atomic mass is 9.99. The molecule has 5 nitrogen and oxygen atoms in total. The van der Waals surface area contributed by atoms with Crippen LogP contribution in [0.5, 0.6) is 0 Å². The zero-order valence-electron chi connectivity index (χ0n) is 10.6. The molecule has 1 aromatic rings. The maximum absolute atomic E-state index is 13.4. The fraction of sp³-hybridized carbons (Fsp3) is 0.500. The van der Waals surface area contributed by atoms with E-state index in [-0.39, 0.29) is 29.6 Å². The van der Waals surface area contributed by atoms with Gasteiger partial charge >= 0.3 is 0 Å². The lowest BCUT2D eigenvalue weighted by Gasteiger charge is -2.33. The molecule has 0 radical (unpaired) electrons. The van der Waals surface area contributed by atoms with E-state index in [2.05, 4.69) is 0 Å². The minimum Gasteiger partial charge on any atom is -0.395 e. The first-order valence-corrected chi connectivity index (χ1v) is 7.50. The summed E-state index contributed by atoms with van der Waals surface area (Å²) in [5.41, 5.74) is 5.15. The van der Waals surface area contributed by atoms with Gasteiger partial charge in [-0.2, -0.15) is 4.31 Å². The monoisotopic (exact) mass is 288 g/mol. The van der Waals surface area contributed by atoms with Crippen LogP contribution in [0.25, 0.3) is 0 Å². The van der Waals surface area contributed by atoms with Gasteiger partial charge in [0, 0.05) is 13.1 Å². The summed E-state index contributed by atoms with van der Waals surface area (Å²) in [4.78, 5) is -0.212. The molecule has 0 saturated carbocycles. The molecule has 19 heavy (non-hydrogen) atoms. The highest BCUT2D eigenvalue weighted by Crippen LogP contribution is 2.28. The predicted octanol–water partition coefficient (Wildman–Crippen LogP) is 0.799. The van der Waals surface area contributed by atoms with E-state index in [4.69, 9.17) is 5.73 Å². The van der Waals surface area contributed by atoms with Crippen LogP contribution in [0.2, 0.25) is 0 Å². The van der Waals surface area contributed by atoms with Crippen molar-refractivity contribution in [3.63, 3.8) is 0 Å². The van der Waals surface area contributed by atoms with Crippen LogP contribution in [-0.2, 0) is 10.0 Å². The average Bonchev–Trinajstić information content (AvgIpc) is 2.35. The van der Waals surface area contributed by atoms with E-state index in [1.807, 2.05) is 0 Å². The van der Waals surface area contributed by atoms with Crippen LogP contribution in [0.1, 0.15) is 13.3 Å². The van der Waals surface area contributed by atoms with E-state index < -0.39 is 21.9 Å². The lowest BCUT2D eigenvalue weighted by Crippen LogP contribution is -2.45. The van der Waals surface area contributed by atoms with E-state index in [0.717, 1.165) is 6.07 Å². The van der Waals surface area contributed by atoms with Crippen LogP contribution in [-0.4, -0.2) is 37.0 Å². The second kappa shape index (κ2) is 5.07. The van der Waals surface area contributed by atoms with Gasteiger partial charge in [0.25, 0.3) is 0 Å². The molecule has 1 saturated heterocycles. The molecule has 0 bridgehead atoms. The summed E-state index contributed by atoms with van der Waals surface area (Å²) in [6.45, 7) is 2.20. The third kappa shape index (κ3) is 2.58. The molecule has 1 heterocycles. The van der Waals surface area contributed by atoms with Crippen LogP contribution in [0, 0.1) is 11.7 Å². The number of sulfonamides is 1. The van der Waals surface area contributed by atoms with Crippen molar-refractivity contribution < 1.29 is 17.9 Å². The molecule has 0 aliphatic carbocycles. The molecular weight excluding hydrogens is 271 g/mol. The highest BCUT2D eigenvalue weighted by molar-refractivity contribution is 7.89. The molecule has 0 amide bonds. The maximum atomic E-state index is 13.4. The molecule has 7 heteroatoms. The lowest BCUT2D eigenvalue weighted by molar-refractivity contribution is 0.0629. The van der Waals surface area contributed by atoms with E-state index >= 15 is 0 Å². The Morgan fingerprint density at radius 3 is 2.79 bits per heavy atom. The average molecular weight is 288 g/mol. The summed E-state index contributed by atoms with van der Waals surface area (Å²) in [5.74, 6) is -0.899. The Morgan fingerprint density at radius 2 is 2.16 bits per heavy atom. The number of aliphatic hydroxyl groups excluding tert-OH is 1. The predicted molar refractivity (Wildman–Crippen MR) is 69.4 cm³/mol. The standard InChI is InChI=1S/C12H17FN2O3S/c1-8-7-15(6-5-10(8)16)19(17,18)11-4-2-3-9(13)12(11)14/h2-4,8,10,16H,5-7,14H2,1H3. The number of nitrogen functional groups attached to an aromatic ring is 1. The quantitative estimate of drug-likeness (QED) is 0.788. The minimum atomic E-state index is -3.81. The van der Waals surface area contributed by atoms with Crippen LogP contribution in [0.15, 0.2) is 23.1 Å². The van der Waals surface area contributed by atoms with Crippen molar-refractivity contribution in [1.82, 2.24) is 4.31 Å². The summed E-state index contributed by atoms with van der Waals surface area (Å²) < 4.78 is 39.4. The van der Waals surface area contributed by atoms with Gasteiger partial charge in [0.15, 0.2) is 0 Å². The van der Waals surface area contributed by atoms with E-state index in [1.54, 1.807) is 6.92 Å². The van der Waals surface area contributed by atoms with Crippen molar-refractivity contribution >= 4 is 15.7 Å². The van der Waals surface area contributed by atoms with E-state index in [0.29, 0.717) is 6.42 Å². The van der Waals surface area contributed by atoms with E-state index in [1.165, 1.54) is 16.4 Å². The second-order valence-corrected chi connectivity index (χ2v) is 6.75. The Hall–Kier alpha value is -1.18. The number of halogens is 1. The highest BCUT2D eigenvalue weighted by Gasteiger charge is 2.34. The summed E-state index contributed by atoms with van der Waals surface area (Å²) in [6.07, 6.45) is -0.133. The molecule has 2 rings (SSSR count). The highest BCUT2D eigenvalue weighted by atomic mass is 32.2. The number of para-hydroxylation sites is 1. The Balaban J connectivity index is 2.35. The van der Waals surface area contributed by atoms with Crippen molar-refractivity contribution in [3.05, 3.63) is 24.0 Å². The molecular formula is C12H17FN2O3S. The van der Waals surface area contributed by atoms with Gasteiger partial charge in [-0.25, -0.2) is 12.8 Å². The first-order chi connectivity index (χ1) is 8.84. The summed E-state index contributed by atoms with van der Waals surface area (Å²) in [7, 11) is -3.81. The van der Waals surface area contributed by atoms with Crippen LogP contribution in [0.4, 0.5) is 10.1 Å². The maximum Gasteiger partial charge on any atom is 0.245 e. The number of aliphatic hydroxyl groups is 1. The number of piperidine rings is 1. The molecule has 1 aliphatic rings. The van der Waals surface area contributed by atoms with Gasteiger partial charge in [-0.15, -0.1) is 0 Å². The smallest absolute Gasteiger partial charge is 0.245 e. The number of nitrogens with two attached hydrogens (primary N) is 1. The van der Waals surface area contributed by atoms with Gasteiger partial charge in [-0.1, -0.05) is 13.0 Å². The first-order valence-electron chi connectivity index (χ1n) is 6.06. The fourth-order valence-corrected chi connectivity index (χ4v) is 3.88. The van der Waals surface area contributed by atoms with Crippen molar-refractivity contribution in [3.8, 4) is 0 Å². The normalized spacial score (nSPS) is 25.4. The topological polar surface area (TPSA) is 83.6 Å². The van der Waals surface area contributed by atoms with Crippen LogP contribution in [0.3, 0.4) is 0 Å². The van der Waals surface area contributed by atoms with Crippen molar-refractivity contribution in [2.75, 3.05) is 18.8 Å². The Kier molecular flexibility index (Phi) is 3.80. The number of benzene rings is 1. The van der Waals surface area contributed by atoms with Crippen molar-refractivity contribution in [2.45, 2.75) is 24.3 Å². The second-order valence-electron chi connectivity index (χ2n) is 4.85. The number of nitrogens with zero attached hydrogens (tertiary/aromatic N) is 1. The van der Waals surface area contributed by atoms with Crippen LogP contribution >= 0.6 is 0 Å². The third-order valence-electron chi connectivity index (χ3n) is 3.45. The van der Waals surface area contributed by atoms with Crippen molar-refractivity contribution in [1.29, 1.82) is 0 Å². The third-order valence-corrected chi connectivity index (χ3v) is 5.38. The van der Waals surface area contributed by atoms with Crippen LogP contribution < -0.4 is 5.73 Å². The number of rotatable bonds is 2. The van der Waals surface area contributed by atoms with Gasteiger partial charge in [0.1, 0.15) is 10.7 Å². The molecule has 106 valence electrons. The summed E-state index contributed by atoms with van der Waals surface area (Å²) in [5, 5.41) is 9.62. The molecule has 0 aromatic heterocycles. The number of anilines is 1. The molecule has 3 N–H and O–H groups in total. The zero-order valence-corrected chi connectivity index (χ0v) is 11.4. The number of hydrogen-bond donors (Lipinski definition) is 2. The molecule has 2 unspecified atom stereocenters. The Morgan fingerprint density at radius 1 is 1.47 bits per heavy atom.